The van der Waals surface area contributed by atoms with Crippen LogP contribution in [0.5, 0.6) is 0 Å². The Morgan fingerprint density at radius 2 is 2.22 bits per heavy atom. The highest BCUT2D eigenvalue weighted by Gasteiger charge is 2.19. The molecule has 3 heterocycles. The highest BCUT2D eigenvalue weighted by Crippen LogP contribution is 2.22. The highest BCUT2D eigenvalue weighted by atomic mass is 79.9. The van der Waals surface area contributed by atoms with Crippen molar-refractivity contribution < 1.29 is 4.52 Å². The third kappa shape index (κ3) is 1.33. The van der Waals surface area contributed by atoms with Gasteiger partial charge in [-0.3, -0.25) is 0 Å². The Labute approximate surface area is 114 Å². The fourth-order valence-electron chi connectivity index (χ4n) is 2.10. The van der Waals surface area contributed by atoms with Crippen molar-refractivity contribution in [2.75, 3.05) is 0 Å². The van der Waals surface area contributed by atoms with E-state index >= 15 is 0 Å². The number of nitrogens with zero attached hydrogens (tertiary/aromatic N) is 3. The number of fused-ring (bicyclic) bond motifs is 4. The monoisotopic (exact) mass is 319 g/mol. The van der Waals surface area contributed by atoms with E-state index in [9.17, 15) is 0 Å². The second kappa shape index (κ2) is 3.73. The number of benzene rings is 1. The van der Waals surface area contributed by atoms with Gasteiger partial charge in [-0.15, -0.1) is 0 Å². The maximum atomic E-state index is 4.70. The second-order valence-electron chi connectivity index (χ2n) is 4.03. The summed E-state index contributed by atoms with van der Waals surface area (Å²) in [6, 6.07) is 8.14. The quantitative estimate of drug-likeness (QED) is 0.433. The van der Waals surface area contributed by atoms with Crippen LogP contribution in [0.3, 0.4) is 0 Å². The van der Waals surface area contributed by atoms with E-state index in [0.717, 1.165) is 38.1 Å². The average molecular weight is 320 g/mol. The number of hydrogen-bond donors (Lipinski definition) is 1. The molecule has 88 valence electrons. The summed E-state index contributed by atoms with van der Waals surface area (Å²) in [5.74, 6) is 0. The summed E-state index contributed by atoms with van der Waals surface area (Å²) in [7, 11) is 0. The van der Waals surface area contributed by atoms with Crippen molar-refractivity contribution in [2.45, 2.75) is 5.33 Å². The van der Waals surface area contributed by atoms with Crippen molar-refractivity contribution in [3.63, 3.8) is 0 Å². The van der Waals surface area contributed by atoms with Crippen LogP contribution in [0.1, 0.15) is 5.69 Å². The van der Waals surface area contributed by atoms with Crippen molar-refractivity contribution in [1.82, 2.24) is 15.1 Å². The van der Waals surface area contributed by atoms with E-state index in [0.29, 0.717) is 0 Å². The van der Waals surface area contributed by atoms with Crippen molar-refractivity contribution >= 4 is 54.3 Å². The van der Waals surface area contributed by atoms with E-state index in [2.05, 4.69) is 37.3 Å². The molecule has 0 spiro atoms. The van der Waals surface area contributed by atoms with E-state index in [1.165, 1.54) is 0 Å². The number of rotatable bonds is 1. The SMILES string of the molecule is BrCc1csc2nc3[nH]c4ccccc4c3n[n+]12. The number of aromatic nitrogens is 4. The number of alkyl halides is 1. The largest absolute Gasteiger partial charge is 0.410 e. The number of nitrogens with one attached hydrogen (secondary N) is 1. The molecule has 4 aromatic rings. The maximum Gasteiger partial charge on any atom is 0.410 e. The lowest BCUT2D eigenvalue weighted by atomic mass is 10.2. The topological polar surface area (TPSA) is 45.7 Å². The van der Waals surface area contributed by atoms with Crippen molar-refractivity contribution in [3.8, 4) is 0 Å². The smallest absolute Gasteiger partial charge is 0.317 e. The molecule has 1 N–H and O–H groups in total. The van der Waals surface area contributed by atoms with Crippen molar-refractivity contribution in [3.05, 3.63) is 35.3 Å². The number of H-pyrrole nitrogens is 1. The molecule has 0 amide bonds. The van der Waals surface area contributed by atoms with Crippen LogP contribution in [0.4, 0.5) is 0 Å². The fraction of sp³-hybridized carbons (Fsp3) is 0.0833. The zero-order valence-corrected chi connectivity index (χ0v) is 11.6. The summed E-state index contributed by atoms with van der Waals surface area (Å²) in [4.78, 5) is 8.84. The Morgan fingerprint density at radius 3 is 3.11 bits per heavy atom. The van der Waals surface area contributed by atoms with Crippen molar-refractivity contribution in [2.24, 2.45) is 0 Å². The molecule has 0 aliphatic heterocycles. The molecule has 0 fully saturated rings. The van der Waals surface area contributed by atoms with Crippen LogP contribution in [0, 0.1) is 0 Å². The molecular weight excluding hydrogens is 312 g/mol. The van der Waals surface area contributed by atoms with Gasteiger partial charge < -0.3 is 4.98 Å². The van der Waals surface area contributed by atoms with Gasteiger partial charge >= 0.3 is 4.96 Å². The molecule has 0 aliphatic carbocycles. The molecular formula is C12H8BrN4S+. The van der Waals surface area contributed by atoms with E-state index in [-0.39, 0.29) is 0 Å². The minimum atomic E-state index is 0.778. The first-order valence-electron chi connectivity index (χ1n) is 5.49. The van der Waals surface area contributed by atoms with Crippen LogP contribution in [-0.2, 0) is 5.33 Å². The molecule has 0 radical (unpaired) electrons. The maximum absolute atomic E-state index is 4.70. The molecule has 0 bridgehead atoms. The first-order chi connectivity index (χ1) is 8.86. The predicted octanol–water partition coefficient (Wildman–Crippen LogP) is 2.81. The molecule has 0 aliphatic rings. The van der Waals surface area contributed by atoms with E-state index in [1.807, 2.05) is 22.7 Å². The van der Waals surface area contributed by atoms with Gasteiger partial charge in [-0.2, -0.15) is 0 Å². The molecule has 0 unspecified atom stereocenters. The molecule has 6 heteroatoms. The van der Waals surface area contributed by atoms with Gasteiger partial charge in [-0.25, -0.2) is 0 Å². The third-order valence-corrected chi connectivity index (χ3v) is 4.40. The van der Waals surface area contributed by atoms with Crippen LogP contribution < -0.4 is 4.52 Å². The number of hydrogen-bond acceptors (Lipinski definition) is 3. The molecule has 4 rings (SSSR count). The van der Waals surface area contributed by atoms with Gasteiger partial charge in [0.05, 0.1) is 10.8 Å². The van der Waals surface area contributed by atoms with Crippen molar-refractivity contribution in [1.29, 1.82) is 0 Å². The van der Waals surface area contributed by atoms with Gasteiger partial charge in [-0.05, 0) is 22.4 Å². The Morgan fingerprint density at radius 1 is 1.33 bits per heavy atom. The Bertz CT molecular complexity index is 880. The summed E-state index contributed by atoms with van der Waals surface area (Å²) in [6.07, 6.45) is 0. The van der Waals surface area contributed by atoms with Gasteiger partial charge in [0, 0.05) is 10.8 Å². The fourth-order valence-corrected chi connectivity index (χ4v) is 3.54. The molecule has 0 saturated heterocycles. The summed E-state index contributed by atoms with van der Waals surface area (Å²) in [5, 5.41) is 8.66. The van der Waals surface area contributed by atoms with Crippen LogP contribution in [0.2, 0.25) is 0 Å². The molecule has 4 nitrogen and oxygen atoms in total. The number of thiazole rings is 1. The van der Waals surface area contributed by atoms with E-state index < -0.39 is 0 Å². The first-order valence-corrected chi connectivity index (χ1v) is 7.50. The normalized spacial score (nSPS) is 11.8. The van der Waals surface area contributed by atoms with Gasteiger partial charge in [0.2, 0.25) is 0 Å². The minimum absolute atomic E-state index is 0.778. The van der Waals surface area contributed by atoms with Gasteiger partial charge in [0.25, 0.3) is 5.65 Å². The lowest BCUT2D eigenvalue weighted by molar-refractivity contribution is -0.583. The van der Waals surface area contributed by atoms with E-state index in [4.69, 9.17) is 5.10 Å². The van der Waals surface area contributed by atoms with E-state index in [1.54, 1.807) is 11.3 Å². The van der Waals surface area contributed by atoms with Gasteiger partial charge in [0.1, 0.15) is 0 Å². The molecule has 0 atom stereocenters. The van der Waals surface area contributed by atoms with Gasteiger partial charge in [0.15, 0.2) is 11.2 Å². The standard InChI is InChI=1S/C12H7BrN4S/c13-5-7-6-18-12-15-11-10(16-17(7)12)8-3-1-2-4-9(8)14-11/h1-4,6H,5H2/p+1. The minimum Gasteiger partial charge on any atom is -0.317 e. The second-order valence-corrected chi connectivity index (χ2v) is 5.43. The number of para-hydroxylation sites is 1. The van der Waals surface area contributed by atoms with Crippen LogP contribution in [-0.4, -0.2) is 15.1 Å². The van der Waals surface area contributed by atoms with Crippen LogP contribution >= 0.6 is 27.3 Å². The molecule has 0 saturated carbocycles. The molecule has 3 aromatic heterocycles. The zero-order valence-electron chi connectivity index (χ0n) is 9.22. The first kappa shape index (κ1) is 10.4. The number of halogens is 1. The molecule has 1 aromatic carbocycles. The lowest BCUT2D eigenvalue weighted by Gasteiger charge is -1.88. The Hall–Kier alpha value is -1.53. The average Bonchev–Trinajstić information content (AvgIpc) is 2.96. The third-order valence-electron chi connectivity index (χ3n) is 2.96. The van der Waals surface area contributed by atoms with Gasteiger partial charge in [-0.1, -0.05) is 43.7 Å². The summed E-state index contributed by atoms with van der Waals surface area (Å²) in [6.45, 7) is 0. The molecule has 18 heavy (non-hydrogen) atoms. The Balaban J connectivity index is 2.22. The summed E-state index contributed by atoms with van der Waals surface area (Å²) in [5.41, 5.74) is 3.96. The zero-order chi connectivity index (χ0) is 12.1. The summed E-state index contributed by atoms with van der Waals surface area (Å²) >= 11 is 5.08. The van der Waals surface area contributed by atoms with Crippen LogP contribution in [0.15, 0.2) is 29.6 Å². The summed E-state index contributed by atoms with van der Waals surface area (Å²) < 4.78 is 1.90. The lowest BCUT2D eigenvalue weighted by Crippen LogP contribution is -2.29. The number of aromatic amines is 1. The highest BCUT2D eigenvalue weighted by molar-refractivity contribution is 9.08. The van der Waals surface area contributed by atoms with Crippen LogP contribution in [0.25, 0.3) is 27.0 Å². The Kier molecular flexibility index (Phi) is 2.15. The predicted molar refractivity (Wildman–Crippen MR) is 75.1 cm³/mol.